The molecule has 0 aliphatic carbocycles. The van der Waals surface area contributed by atoms with Gasteiger partial charge in [-0.25, -0.2) is 5.01 Å². The number of carbonyl (C=O) groups excluding carboxylic acids is 1. The van der Waals surface area contributed by atoms with Gasteiger partial charge < -0.3 is 0 Å². The van der Waals surface area contributed by atoms with Crippen molar-refractivity contribution in [2.24, 2.45) is 5.10 Å². The van der Waals surface area contributed by atoms with E-state index >= 15 is 0 Å². The van der Waals surface area contributed by atoms with Gasteiger partial charge in [-0.3, -0.25) is 9.36 Å². The third kappa shape index (κ3) is 6.01. The highest BCUT2D eigenvalue weighted by atomic mass is 32.2. The van der Waals surface area contributed by atoms with E-state index in [1.54, 1.807) is 31.2 Å². The van der Waals surface area contributed by atoms with Crippen LogP contribution in [0.1, 0.15) is 22.5 Å². The van der Waals surface area contributed by atoms with E-state index in [1.807, 2.05) is 41.8 Å². The summed E-state index contributed by atoms with van der Waals surface area (Å²) < 4.78 is 41.8. The van der Waals surface area contributed by atoms with Crippen molar-refractivity contribution in [3.8, 4) is 5.69 Å². The molecule has 0 aliphatic rings. The fraction of sp³-hybridized carbons (Fsp3) is 0.154. The molecular formula is C26H22F3N5OS. The molecule has 10 heteroatoms. The topological polar surface area (TPSA) is 63.4 Å². The van der Waals surface area contributed by atoms with E-state index in [4.69, 9.17) is 0 Å². The van der Waals surface area contributed by atoms with Crippen molar-refractivity contribution in [2.75, 3.05) is 10.8 Å². The molecule has 0 bridgehead atoms. The van der Waals surface area contributed by atoms with Crippen LogP contribution < -0.4 is 5.01 Å². The number of hydrogen-bond donors (Lipinski definition) is 0. The summed E-state index contributed by atoms with van der Waals surface area (Å²) in [7, 11) is 0. The maximum absolute atomic E-state index is 13.3. The Hall–Kier alpha value is -3.92. The maximum Gasteiger partial charge on any atom is 0.416 e. The van der Waals surface area contributed by atoms with Crippen LogP contribution in [0.5, 0.6) is 0 Å². The van der Waals surface area contributed by atoms with Gasteiger partial charge >= 0.3 is 6.18 Å². The molecule has 0 fully saturated rings. The van der Waals surface area contributed by atoms with Crippen LogP contribution in [0.4, 0.5) is 18.9 Å². The lowest BCUT2D eigenvalue weighted by Crippen LogP contribution is -2.28. The van der Waals surface area contributed by atoms with E-state index in [-0.39, 0.29) is 11.4 Å². The molecule has 0 saturated carbocycles. The van der Waals surface area contributed by atoms with Crippen molar-refractivity contribution in [1.82, 2.24) is 14.8 Å². The molecule has 0 N–H and O–H groups in total. The lowest BCUT2D eigenvalue weighted by Gasteiger charge is -2.18. The molecule has 0 radical (unpaired) electrons. The molecule has 1 amide bonds. The molecule has 0 unspecified atom stereocenters. The first kappa shape index (κ1) is 25.2. The Morgan fingerprint density at radius 1 is 1.00 bits per heavy atom. The predicted molar refractivity (Wildman–Crippen MR) is 135 cm³/mol. The molecule has 184 valence electrons. The average molecular weight is 510 g/mol. The number of carbonyl (C=O) groups is 1. The van der Waals surface area contributed by atoms with E-state index < -0.39 is 17.6 Å². The van der Waals surface area contributed by atoms with Gasteiger partial charge in [0, 0.05) is 5.69 Å². The van der Waals surface area contributed by atoms with Crippen LogP contribution in [0.15, 0.2) is 89.1 Å². The quantitative estimate of drug-likeness (QED) is 0.173. The Bertz CT molecular complexity index is 1370. The Labute approximate surface area is 210 Å². The molecule has 0 aliphatic heterocycles. The summed E-state index contributed by atoms with van der Waals surface area (Å²) >= 11 is 1.13. The van der Waals surface area contributed by atoms with Crippen LogP contribution in [0, 0.1) is 13.8 Å². The number of halogens is 3. The van der Waals surface area contributed by atoms with Gasteiger partial charge in [0.25, 0.3) is 5.91 Å². The second-order valence-electron chi connectivity index (χ2n) is 7.90. The van der Waals surface area contributed by atoms with Crippen molar-refractivity contribution in [3.05, 3.63) is 101 Å². The number of amides is 1. The Balaban J connectivity index is 1.61. The van der Waals surface area contributed by atoms with Crippen LogP contribution in [0.3, 0.4) is 0 Å². The molecule has 0 spiro atoms. The normalized spacial score (nSPS) is 11.7. The highest BCUT2D eigenvalue weighted by molar-refractivity contribution is 7.99. The number of benzene rings is 3. The summed E-state index contributed by atoms with van der Waals surface area (Å²) in [6.45, 7) is 3.79. The average Bonchev–Trinajstić information content (AvgIpc) is 3.24. The van der Waals surface area contributed by atoms with Gasteiger partial charge in [-0.2, -0.15) is 18.3 Å². The molecule has 3 aromatic carbocycles. The summed E-state index contributed by atoms with van der Waals surface area (Å²) in [5, 5.41) is 14.0. The first-order chi connectivity index (χ1) is 17.2. The van der Waals surface area contributed by atoms with E-state index in [0.717, 1.165) is 40.2 Å². The molecule has 0 atom stereocenters. The first-order valence-electron chi connectivity index (χ1n) is 10.9. The van der Waals surface area contributed by atoms with Crippen LogP contribution in [0.25, 0.3) is 5.69 Å². The van der Waals surface area contributed by atoms with Crippen molar-refractivity contribution >= 4 is 29.6 Å². The molecular weight excluding hydrogens is 487 g/mol. The monoisotopic (exact) mass is 509 g/mol. The Kier molecular flexibility index (Phi) is 7.54. The number of hydrazone groups is 1. The van der Waals surface area contributed by atoms with Gasteiger partial charge in [0.2, 0.25) is 0 Å². The molecule has 6 nitrogen and oxygen atoms in total. The summed E-state index contributed by atoms with van der Waals surface area (Å²) in [5.41, 5.74) is 1.79. The highest BCUT2D eigenvalue weighted by Crippen LogP contribution is 2.32. The Morgan fingerprint density at radius 2 is 1.72 bits per heavy atom. The second-order valence-corrected chi connectivity index (χ2v) is 8.84. The van der Waals surface area contributed by atoms with E-state index in [9.17, 15) is 18.0 Å². The third-order valence-corrected chi connectivity index (χ3v) is 6.10. The molecule has 0 saturated heterocycles. The van der Waals surface area contributed by atoms with Gasteiger partial charge in [0.1, 0.15) is 5.82 Å². The van der Waals surface area contributed by atoms with Gasteiger partial charge in [0.15, 0.2) is 5.16 Å². The zero-order chi connectivity index (χ0) is 25.7. The maximum atomic E-state index is 13.3. The minimum Gasteiger partial charge on any atom is -0.274 e. The summed E-state index contributed by atoms with van der Waals surface area (Å²) in [4.78, 5) is 13.3. The molecule has 4 rings (SSSR count). The van der Waals surface area contributed by atoms with Crippen LogP contribution in [-0.2, 0) is 11.0 Å². The minimum absolute atomic E-state index is 0.0128. The summed E-state index contributed by atoms with van der Waals surface area (Å²) in [6, 6.07) is 21.3. The zero-order valence-corrected chi connectivity index (χ0v) is 20.3. The van der Waals surface area contributed by atoms with Gasteiger partial charge in [-0.05, 0) is 49.7 Å². The summed E-state index contributed by atoms with van der Waals surface area (Å²) in [6.07, 6.45) is -3.12. The van der Waals surface area contributed by atoms with Crippen molar-refractivity contribution in [2.45, 2.75) is 25.2 Å². The SMILES string of the molecule is Cc1ccc(-n2c(C)nnc2SCC(=O)N(/N=C/c2ccccc2)c2cccc(C(F)(F)F)c2)cc1. The predicted octanol–water partition coefficient (Wildman–Crippen LogP) is 6.06. The largest absolute Gasteiger partial charge is 0.416 e. The summed E-state index contributed by atoms with van der Waals surface area (Å²) in [5.74, 6) is 0.0140. The number of aromatic nitrogens is 3. The number of alkyl halides is 3. The lowest BCUT2D eigenvalue weighted by molar-refractivity contribution is -0.137. The van der Waals surface area contributed by atoms with Crippen molar-refractivity contribution < 1.29 is 18.0 Å². The van der Waals surface area contributed by atoms with Crippen LogP contribution in [-0.4, -0.2) is 32.6 Å². The Morgan fingerprint density at radius 3 is 2.42 bits per heavy atom. The van der Waals surface area contributed by atoms with Gasteiger partial charge in [-0.1, -0.05) is 65.9 Å². The number of hydrogen-bond acceptors (Lipinski definition) is 5. The second kappa shape index (κ2) is 10.8. The number of aryl methyl sites for hydroxylation is 2. The molecule has 1 heterocycles. The van der Waals surface area contributed by atoms with Crippen LogP contribution in [0.2, 0.25) is 0 Å². The fourth-order valence-corrected chi connectivity index (χ4v) is 4.21. The number of thioether (sulfide) groups is 1. The van der Waals surface area contributed by atoms with E-state index in [1.165, 1.54) is 18.3 Å². The first-order valence-corrected chi connectivity index (χ1v) is 11.9. The third-order valence-electron chi connectivity index (χ3n) is 5.19. The van der Waals surface area contributed by atoms with E-state index in [0.29, 0.717) is 16.5 Å². The molecule has 36 heavy (non-hydrogen) atoms. The van der Waals surface area contributed by atoms with Crippen molar-refractivity contribution in [1.29, 1.82) is 0 Å². The number of nitrogens with zero attached hydrogens (tertiary/aromatic N) is 5. The zero-order valence-electron chi connectivity index (χ0n) is 19.5. The van der Waals surface area contributed by atoms with Crippen LogP contribution >= 0.6 is 11.8 Å². The standard InChI is InChI=1S/C26H22F3N5OS/c1-18-11-13-22(14-12-18)33-19(2)31-32-25(33)36-17-24(35)34(30-16-20-7-4-3-5-8-20)23-10-6-9-21(15-23)26(27,28)29/h3-16H,17H2,1-2H3/b30-16+. The minimum atomic E-state index is -4.55. The highest BCUT2D eigenvalue weighted by Gasteiger charge is 2.31. The fourth-order valence-electron chi connectivity index (χ4n) is 3.37. The lowest BCUT2D eigenvalue weighted by atomic mass is 10.2. The van der Waals surface area contributed by atoms with Gasteiger partial charge in [0.05, 0.1) is 23.2 Å². The number of anilines is 1. The van der Waals surface area contributed by atoms with Gasteiger partial charge in [-0.15, -0.1) is 10.2 Å². The smallest absolute Gasteiger partial charge is 0.274 e. The van der Waals surface area contributed by atoms with E-state index in [2.05, 4.69) is 15.3 Å². The van der Waals surface area contributed by atoms with Crippen molar-refractivity contribution in [3.63, 3.8) is 0 Å². The molecule has 1 aromatic heterocycles. The molecule has 4 aromatic rings. The number of rotatable bonds is 7.